The predicted molar refractivity (Wildman–Crippen MR) is 81.1 cm³/mol. The lowest BCUT2D eigenvalue weighted by Crippen LogP contribution is -2.29. The number of ether oxygens (including phenoxy) is 2. The molecule has 1 heterocycles. The van der Waals surface area contributed by atoms with Crippen LogP contribution in [-0.4, -0.2) is 39.0 Å². The molecule has 7 nitrogen and oxygen atoms in total. The molecule has 0 aliphatic heterocycles. The van der Waals surface area contributed by atoms with E-state index in [1.807, 2.05) is 18.2 Å². The van der Waals surface area contributed by atoms with Crippen LogP contribution in [0.1, 0.15) is 11.7 Å². The second kappa shape index (κ2) is 6.91. The monoisotopic (exact) mass is 325 g/mol. The molecule has 0 bridgehead atoms. The van der Waals surface area contributed by atoms with Gasteiger partial charge < -0.3 is 9.47 Å². The summed E-state index contributed by atoms with van der Waals surface area (Å²) in [5, 5.41) is 3.86. The van der Waals surface area contributed by atoms with Gasteiger partial charge in [-0.3, -0.25) is 4.68 Å². The van der Waals surface area contributed by atoms with E-state index < -0.39 is 16.1 Å². The Morgan fingerprint density at radius 3 is 2.64 bits per heavy atom. The van der Waals surface area contributed by atoms with Crippen LogP contribution in [0, 0.1) is 0 Å². The highest BCUT2D eigenvalue weighted by Crippen LogP contribution is 2.26. The minimum atomic E-state index is -3.63. The van der Waals surface area contributed by atoms with E-state index in [0.717, 1.165) is 5.56 Å². The zero-order valence-corrected chi connectivity index (χ0v) is 13.5. The molecule has 0 radical (unpaired) electrons. The van der Waals surface area contributed by atoms with Crippen molar-refractivity contribution in [3.8, 4) is 5.75 Å². The lowest BCUT2D eigenvalue weighted by Gasteiger charge is -2.18. The molecular weight excluding hydrogens is 306 g/mol. The van der Waals surface area contributed by atoms with Crippen LogP contribution in [0.5, 0.6) is 5.75 Å². The van der Waals surface area contributed by atoms with Gasteiger partial charge in [0.1, 0.15) is 10.6 Å². The van der Waals surface area contributed by atoms with Crippen molar-refractivity contribution >= 4 is 10.0 Å². The van der Waals surface area contributed by atoms with Crippen LogP contribution >= 0.6 is 0 Å². The summed E-state index contributed by atoms with van der Waals surface area (Å²) in [5.74, 6) is 0.648. The van der Waals surface area contributed by atoms with Crippen molar-refractivity contribution in [3.05, 3.63) is 42.2 Å². The van der Waals surface area contributed by atoms with Crippen molar-refractivity contribution < 1.29 is 17.9 Å². The first kappa shape index (κ1) is 16.5. The summed E-state index contributed by atoms with van der Waals surface area (Å²) >= 11 is 0. The Hall–Kier alpha value is -1.90. The van der Waals surface area contributed by atoms with Gasteiger partial charge in [-0.2, -0.15) is 5.10 Å². The smallest absolute Gasteiger partial charge is 0.243 e. The van der Waals surface area contributed by atoms with Gasteiger partial charge in [-0.05, 0) is 6.07 Å². The van der Waals surface area contributed by atoms with Crippen molar-refractivity contribution in [2.75, 3.05) is 20.8 Å². The zero-order valence-electron chi connectivity index (χ0n) is 12.7. The number of para-hydroxylation sites is 1. The second-order valence-corrected chi connectivity index (χ2v) is 6.43. The number of sulfonamides is 1. The predicted octanol–water partition coefficient (Wildman–Crippen LogP) is 1.09. The van der Waals surface area contributed by atoms with Gasteiger partial charge in [0.25, 0.3) is 0 Å². The van der Waals surface area contributed by atoms with Gasteiger partial charge in [-0.25, -0.2) is 13.1 Å². The van der Waals surface area contributed by atoms with Crippen molar-refractivity contribution in [2.45, 2.75) is 11.0 Å². The highest BCUT2D eigenvalue weighted by Gasteiger charge is 2.21. The Morgan fingerprint density at radius 2 is 2.05 bits per heavy atom. The molecule has 8 heteroatoms. The molecule has 2 aromatic rings. The first-order valence-corrected chi connectivity index (χ1v) is 8.10. The van der Waals surface area contributed by atoms with Gasteiger partial charge in [0.15, 0.2) is 0 Å². The van der Waals surface area contributed by atoms with E-state index >= 15 is 0 Å². The van der Waals surface area contributed by atoms with E-state index in [2.05, 4.69) is 9.82 Å². The van der Waals surface area contributed by atoms with Crippen LogP contribution in [0.15, 0.2) is 41.6 Å². The minimum Gasteiger partial charge on any atom is -0.496 e. The van der Waals surface area contributed by atoms with Crippen LogP contribution in [0.4, 0.5) is 0 Å². The maximum atomic E-state index is 12.2. The fourth-order valence-electron chi connectivity index (χ4n) is 2.06. The van der Waals surface area contributed by atoms with Crippen LogP contribution in [0.3, 0.4) is 0 Å². The molecule has 0 amide bonds. The summed E-state index contributed by atoms with van der Waals surface area (Å²) in [6.45, 7) is 0.0914. The average molecular weight is 325 g/mol. The molecule has 1 aromatic heterocycles. The highest BCUT2D eigenvalue weighted by atomic mass is 32.2. The van der Waals surface area contributed by atoms with E-state index in [1.165, 1.54) is 24.2 Å². The number of nitrogens with zero attached hydrogens (tertiary/aromatic N) is 2. The first-order chi connectivity index (χ1) is 10.5. The summed E-state index contributed by atoms with van der Waals surface area (Å²) < 4.78 is 39.0. The molecule has 0 aliphatic rings. The summed E-state index contributed by atoms with van der Waals surface area (Å²) in [7, 11) is 1.12. The number of benzene rings is 1. The molecule has 2 rings (SSSR count). The van der Waals surface area contributed by atoms with Gasteiger partial charge in [-0.1, -0.05) is 18.2 Å². The fraction of sp³-hybridized carbons (Fsp3) is 0.357. The van der Waals surface area contributed by atoms with Crippen LogP contribution in [0.25, 0.3) is 0 Å². The Bertz CT molecular complexity index is 727. The quantitative estimate of drug-likeness (QED) is 0.824. The molecule has 120 valence electrons. The number of hydrogen-bond acceptors (Lipinski definition) is 5. The van der Waals surface area contributed by atoms with Gasteiger partial charge in [0, 0.05) is 32.5 Å². The topological polar surface area (TPSA) is 82.5 Å². The standard InChI is InChI=1S/C14H19N3O4S/c1-17-10-11(8-15-17)22(18,19)16-9-14(21-3)12-6-4-5-7-13(12)20-2/h4-8,10,14,16H,9H2,1-3H3/t14-/m1/s1. The Kier molecular flexibility index (Phi) is 5.17. The summed E-state index contributed by atoms with van der Waals surface area (Å²) in [4.78, 5) is 0.116. The molecule has 0 aliphatic carbocycles. The number of aromatic nitrogens is 2. The van der Waals surface area contributed by atoms with E-state index in [4.69, 9.17) is 9.47 Å². The van der Waals surface area contributed by atoms with Crippen LogP contribution in [-0.2, 0) is 21.8 Å². The van der Waals surface area contributed by atoms with Crippen molar-refractivity contribution in [1.29, 1.82) is 0 Å². The zero-order chi connectivity index (χ0) is 16.2. The van der Waals surface area contributed by atoms with Crippen molar-refractivity contribution in [3.63, 3.8) is 0 Å². The van der Waals surface area contributed by atoms with Gasteiger partial charge in [-0.15, -0.1) is 0 Å². The average Bonchev–Trinajstić information content (AvgIpc) is 2.96. The van der Waals surface area contributed by atoms with Gasteiger partial charge >= 0.3 is 0 Å². The van der Waals surface area contributed by atoms with E-state index in [-0.39, 0.29) is 11.4 Å². The molecule has 0 saturated carbocycles. The third-order valence-electron chi connectivity index (χ3n) is 3.22. The van der Waals surface area contributed by atoms with E-state index in [1.54, 1.807) is 20.2 Å². The maximum absolute atomic E-state index is 12.2. The number of rotatable bonds is 7. The number of nitrogens with one attached hydrogen (secondary N) is 1. The molecule has 1 N–H and O–H groups in total. The van der Waals surface area contributed by atoms with E-state index in [0.29, 0.717) is 5.75 Å². The highest BCUT2D eigenvalue weighted by molar-refractivity contribution is 7.89. The van der Waals surface area contributed by atoms with Gasteiger partial charge in [0.05, 0.1) is 19.4 Å². The lowest BCUT2D eigenvalue weighted by atomic mass is 10.1. The third kappa shape index (κ3) is 3.65. The molecule has 0 fully saturated rings. The molecule has 1 atom stereocenters. The molecule has 22 heavy (non-hydrogen) atoms. The lowest BCUT2D eigenvalue weighted by molar-refractivity contribution is 0.105. The second-order valence-electron chi connectivity index (χ2n) is 4.67. The van der Waals surface area contributed by atoms with Crippen LogP contribution in [0.2, 0.25) is 0 Å². The van der Waals surface area contributed by atoms with Crippen molar-refractivity contribution in [1.82, 2.24) is 14.5 Å². The van der Waals surface area contributed by atoms with E-state index in [9.17, 15) is 8.42 Å². The maximum Gasteiger partial charge on any atom is 0.243 e. The number of methoxy groups -OCH3 is 2. The molecule has 0 spiro atoms. The Labute approximate surface area is 129 Å². The summed E-state index contributed by atoms with van der Waals surface area (Å²) in [6, 6.07) is 7.33. The SMILES string of the molecule is COc1ccccc1[C@@H](CNS(=O)(=O)c1cnn(C)c1)OC. The molecule has 0 saturated heterocycles. The summed E-state index contributed by atoms with van der Waals surface area (Å²) in [5.41, 5.74) is 0.779. The molecule has 1 aromatic carbocycles. The van der Waals surface area contributed by atoms with Crippen molar-refractivity contribution in [2.24, 2.45) is 7.05 Å². The Morgan fingerprint density at radius 1 is 1.32 bits per heavy atom. The molecular formula is C14H19N3O4S. The molecule has 0 unspecified atom stereocenters. The summed E-state index contributed by atoms with van der Waals surface area (Å²) in [6.07, 6.45) is 2.28. The number of aryl methyl sites for hydroxylation is 1. The van der Waals surface area contributed by atoms with Crippen LogP contribution < -0.4 is 9.46 Å². The Balaban J connectivity index is 2.14. The third-order valence-corrected chi connectivity index (χ3v) is 4.60. The van der Waals surface area contributed by atoms with Gasteiger partial charge in [0.2, 0.25) is 10.0 Å². The normalized spacial score (nSPS) is 13.0. The number of hydrogen-bond donors (Lipinski definition) is 1. The minimum absolute atomic E-state index is 0.0914. The first-order valence-electron chi connectivity index (χ1n) is 6.62. The largest absolute Gasteiger partial charge is 0.496 e. The fourth-order valence-corrected chi connectivity index (χ4v) is 3.07.